The summed E-state index contributed by atoms with van der Waals surface area (Å²) in [6, 6.07) is 15.6. The maximum Gasteiger partial charge on any atom is 0.339 e. The number of benzene rings is 3. The molecule has 3 aromatic carbocycles. The normalized spacial score (nSPS) is 10.0. The summed E-state index contributed by atoms with van der Waals surface area (Å²) >= 11 is 10.5. The van der Waals surface area contributed by atoms with Crippen molar-refractivity contribution >= 4 is 62.6 Å². The lowest BCUT2D eigenvalue weighted by Gasteiger charge is -2.08. The van der Waals surface area contributed by atoms with Gasteiger partial charge in [-0.05, 0) is 29.8 Å². The Kier molecular flexibility index (Phi) is 10.8. The molecule has 0 fully saturated rings. The zero-order valence-electron chi connectivity index (χ0n) is 18.8. The third-order valence-electron chi connectivity index (χ3n) is 4.45. The molecule has 0 aliphatic heterocycles. The van der Waals surface area contributed by atoms with E-state index in [-0.39, 0.29) is 27.5 Å². The third kappa shape index (κ3) is 8.04. The van der Waals surface area contributed by atoms with Gasteiger partial charge in [0.25, 0.3) is 11.4 Å². The Morgan fingerprint density at radius 2 is 1.36 bits per heavy atom. The van der Waals surface area contributed by atoms with Crippen LogP contribution in [0.5, 0.6) is 0 Å². The Labute approximate surface area is 223 Å². The monoisotopic (exact) mass is 596 g/mol. The molecule has 0 atom stereocenters. The molecule has 0 aliphatic carbocycles. The smallest absolute Gasteiger partial charge is 0.339 e. The minimum atomic E-state index is -0.696. The number of esters is 2. The zero-order chi connectivity index (χ0) is 26.8. The Morgan fingerprint density at radius 1 is 0.861 bits per heavy atom. The Bertz CT molecular complexity index is 1290. The van der Waals surface area contributed by atoms with E-state index in [0.29, 0.717) is 10.6 Å². The molecule has 0 amide bonds. The van der Waals surface area contributed by atoms with Gasteiger partial charge in [-0.2, -0.15) is 0 Å². The largest absolute Gasteiger partial charge is 0.465 e. The maximum absolute atomic E-state index is 11.8. The van der Waals surface area contributed by atoms with Crippen LogP contribution in [0.3, 0.4) is 0 Å². The van der Waals surface area contributed by atoms with Crippen molar-refractivity contribution in [3.8, 4) is 0 Å². The molecule has 0 N–H and O–H groups in total. The third-order valence-corrected chi connectivity index (χ3v) is 6.46. The molecular formula is C23H18BrClN2O8S. The number of carbonyl (C=O) groups is 2. The van der Waals surface area contributed by atoms with Crippen LogP contribution in [0.4, 0.5) is 11.4 Å². The lowest BCUT2D eigenvalue weighted by Crippen LogP contribution is -2.04. The molecule has 0 bridgehead atoms. The summed E-state index contributed by atoms with van der Waals surface area (Å²) in [5.74, 6) is -0.629. The molecule has 0 spiro atoms. The van der Waals surface area contributed by atoms with Crippen molar-refractivity contribution in [3.63, 3.8) is 0 Å². The molecule has 0 saturated carbocycles. The SMILES string of the molecule is COC(=O)c1cc([N+](=O)[O-])ccc1Cl.COC(=O)c1cc([N+](=O)[O-])ccc1SCc1ccc(Br)cc1. The minimum Gasteiger partial charge on any atom is -0.465 e. The van der Waals surface area contributed by atoms with Crippen LogP contribution in [0.15, 0.2) is 70.0 Å². The van der Waals surface area contributed by atoms with Crippen LogP contribution in [-0.2, 0) is 15.2 Å². The first-order chi connectivity index (χ1) is 17.1. The van der Waals surface area contributed by atoms with Crippen molar-refractivity contribution in [3.05, 3.63) is 107 Å². The molecule has 3 rings (SSSR count). The van der Waals surface area contributed by atoms with Gasteiger partial charge in [0, 0.05) is 39.4 Å². The summed E-state index contributed by atoms with van der Waals surface area (Å²) in [7, 11) is 2.43. The van der Waals surface area contributed by atoms with Crippen molar-refractivity contribution in [1.82, 2.24) is 0 Å². The molecule has 0 aromatic heterocycles. The first kappa shape index (κ1) is 28.8. The van der Waals surface area contributed by atoms with Crippen molar-refractivity contribution in [2.45, 2.75) is 10.6 Å². The molecule has 36 heavy (non-hydrogen) atoms. The summed E-state index contributed by atoms with van der Waals surface area (Å²) in [4.78, 5) is 43.6. The van der Waals surface area contributed by atoms with Crippen molar-refractivity contribution < 1.29 is 28.9 Å². The number of carbonyl (C=O) groups excluding carboxylic acids is 2. The number of halogens is 2. The number of methoxy groups -OCH3 is 2. The second-order valence-corrected chi connectivity index (χ2v) is 9.10. The van der Waals surface area contributed by atoms with Crippen LogP contribution in [0.2, 0.25) is 5.02 Å². The van der Waals surface area contributed by atoms with Crippen LogP contribution in [-0.4, -0.2) is 36.0 Å². The van der Waals surface area contributed by atoms with E-state index in [1.807, 2.05) is 24.3 Å². The number of hydrogen-bond acceptors (Lipinski definition) is 9. The van der Waals surface area contributed by atoms with E-state index in [1.54, 1.807) is 6.07 Å². The van der Waals surface area contributed by atoms with Crippen molar-refractivity contribution in [2.24, 2.45) is 0 Å². The fourth-order valence-electron chi connectivity index (χ4n) is 2.66. The Hall–Kier alpha value is -3.48. The maximum atomic E-state index is 11.8. The van der Waals surface area contributed by atoms with Gasteiger partial charge in [-0.3, -0.25) is 20.2 Å². The second kappa shape index (κ2) is 13.6. The van der Waals surface area contributed by atoms with Gasteiger partial charge in [0.2, 0.25) is 0 Å². The van der Waals surface area contributed by atoms with Crippen LogP contribution in [0.25, 0.3) is 0 Å². The van der Waals surface area contributed by atoms with E-state index in [0.717, 1.165) is 16.1 Å². The van der Waals surface area contributed by atoms with E-state index >= 15 is 0 Å². The Morgan fingerprint density at radius 3 is 1.89 bits per heavy atom. The van der Waals surface area contributed by atoms with Crippen LogP contribution in [0, 0.1) is 20.2 Å². The molecular weight excluding hydrogens is 580 g/mol. The lowest BCUT2D eigenvalue weighted by molar-refractivity contribution is -0.385. The predicted octanol–water partition coefficient (Wildman–Crippen LogP) is 6.47. The van der Waals surface area contributed by atoms with E-state index in [2.05, 4.69) is 20.7 Å². The van der Waals surface area contributed by atoms with Gasteiger partial charge in [0.1, 0.15) is 0 Å². The standard InChI is InChI=1S/C15H12BrNO4S.C8H6ClNO4/c1-21-15(18)13-8-12(17(19)20)6-7-14(13)22-9-10-2-4-11(16)5-3-10;1-14-8(11)6-4-5(10(12)13)2-3-7(6)9/h2-8H,9H2,1H3;2-4H,1H3. The average Bonchev–Trinajstić information content (AvgIpc) is 2.87. The summed E-state index contributed by atoms with van der Waals surface area (Å²) in [5.41, 5.74) is 0.952. The molecule has 0 unspecified atom stereocenters. The van der Waals surface area contributed by atoms with Crippen LogP contribution >= 0.6 is 39.3 Å². The molecule has 188 valence electrons. The Balaban J connectivity index is 0.000000281. The van der Waals surface area contributed by atoms with Crippen LogP contribution in [0.1, 0.15) is 26.3 Å². The van der Waals surface area contributed by atoms with E-state index < -0.39 is 21.8 Å². The fraction of sp³-hybridized carbons (Fsp3) is 0.130. The molecule has 10 nitrogen and oxygen atoms in total. The summed E-state index contributed by atoms with van der Waals surface area (Å²) in [5, 5.41) is 21.3. The van der Waals surface area contributed by atoms with Gasteiger partial charge in [-0.1, -0.05) is 39.7 Å². The summed E-state index contributed by atoms with van der Waals surface area (Å²) in [6.45, 7) is 0. The average molecular weight is 598 g/mol. The second-order valence-electron chi connectivity index (χ2n) is 6.76. The number of rotatable bonds is 7. The number of non-ortho nitro benzene ring substituents is 2. The van der Waals surface area contributed by atoms with Crippen LogP contribution < -0.4 is 0 Å². The highest BCUT2D eigenvalue weighted by Crippen LogP contribution is 2.30. The quantitative estimate of drug-likeness (QED) is 0.130. The molecule has 0 saturated heterocycles. The first-order valence-corrected chi connectivity index (χ1v) is 12.0. The molecule has 0 radical (unpaired) electrons. The van der Waals surface area contributed by atoms with Gasteiger partial charge in [-0.15, -0.1) is 11.8 Å². The van der Waals surface area contributed by atoms with Gasteiger partial charge in [0.05, 0.1) is 40.2 Å². The predicted molar refractivity (Wildman–Crippen MR) is 138 cm³/mol. The van der Waals surface area contributed by atoms with Gasteiger partial charge >= 0.3 is 11.9 Å². The van der Waals surface area contributed by atoms with Crippen molar-refractivity contribution in [2.75, 3.05) is 14.2 Å². The molecule has 0 aliphatic rings. The zero-order valence-corrected chi connectivity index (χ0v) is 22.0. The molecule has 13 heteroatoms. The number of hydrogen-bond donors (Lipinski definition) is 0. The number of nitro benzene ring substituents is 2. The van der Waals surface area contributed by atoms with E-state index in [1.165, 1.54) is 50.2 Å². The highest BCUT2D eigenvalue weighted by Gasteiger charge is 2.18. The number of thioether (sulfide) groups is 1. The summed E-state index contributed by atoms with van der Waals surface area (Å²) in [6.07, 6.45) is 0. The van der Waals surface area contributed by atoms with Gasteiger partial charge in [-0.25, -0.2) is 9.59 Å². The number of nitrogens with zero attached hydrogens (tertiary/aromatic N) is 2. The lowest BCUT2D eigenvalue weighted by atomic mass is 10.2. The minimum absolute atomic E-state index is 0.0108. The van der Waals surface area contributed by atoms with Gasteiger partial charge < -0.3 is 9.47 Å². The summed E-state index contributed by atoms with van der Waals surface area (Å²) < 4.78 is 10.1. The highest BCUT2D eigenvalue weighted by atomic mass is 79.9. The number of nitro groups is 2. The fourth-order valence-corrected chi connectivity index (χ4v) is 4.10. The molecule has 0 heterocycles. The topological polar surface area (TPSA) is 139 Å². The van der Waals surface area contributed by atoms with E-state index in [4.69, 9.17) is 16.3 Å². The number of ether oxygens (including phenoxy) is 2. The van der Waals surface area contributed by atoms with E-state index in [9.17, 15) is 29.8 Å². The highest BCUT2D eigenvalue weighted by molar-refractivity contribution is 9.10. The first-order valence-electron chi connectivity index (χ1n) is 9.83. The van der Waals surface area contributed by atoms with Gasteiger partial charge in [0.15, 0.2) is 0 Å². The molecule has 3 aromatic rings. The van der Waals surface area contributed by atoms with Crippen molar-refractivity contribution in [1.29, 1.82) is 0 Å².